The quantitative estimate of drug-likeness (QED) is 0.204. The number of halogens is 3. The standard InChI is InChI=1S/C30H26Cl3NO4/c1-36-30(35)18-5-2-4-17(12-18)21-14-22(21)20-11-10-19(13-26(20)33)37-15-23-28(34-38-29(23)16-8-9-16)27-24(31)6-3-7-25(27)32/h2-7,10-13,16,21-22,30,35H,8-9,14-15H2,1H3. The van der Waals surface area contributed by atoms with Gasteiger partial charge in [0, 0.05) is 29.2 Å². The Morgan fingerprint density at radius 3 is 2.45 bits per heavy atom. The summed E-state index contributed by atoms with van der Waals surface area (Å²) in [6.45, 7) is 0.266. The van der Waals surface area contributed by atoms with Gasteiger partial charge in [-0.2, -0.15) is 0 Å². The van der Waals surface area contributed by atoms with Gasteiger partial charge in [-0.1, -0.05) is 76.4 Å². The molecule has 196 valence electrons. The molecule has 0 aliphatic heterocycles. The summed E-state index contributed by atoms with van der Waals surface area (Å²) in [5, 5.41) is 16.0. The van der Waals surface area contributed by atoms with Crippen LogP contribution >= 0.6 is 34.8 Å². The van der Waals surface area contributed by atoms with Crippen LogP contribution in [0.4, 0.5) is 0 Å². The molecule has 8 heteroatoms. The van der Waals surface area contributed by atoms with Gasteiger partial charge in [-0.3, -0.25) is 0 Å². The number of aromatic nitrogens is 1. The van der Waals surface area contributed by atoms with E-state index in [9.17, 15) is 5.11 Å². The van der Waals surface area contributed by atoms with Gasteiger partial charge in [0.15, 0.2) is 6.29 Å². The molecule has 6 rings (SSSR count). The van der Waals surface area contributed by atoms with Crippen molar-refractivity contribution in [1.82, 2.24) is 5.16 Å². The number of hydrogen-bond donors (Lipinski definition) is 1. The van der Waals surface area contributed by atoms with E-state index >= 15 is 0 Å². The molecule has 5 nitrogen and oxygen atoms in total. The SMILES string of the molecule is COC(O)c1cccc(C2CC2c2ccc(OCc3c(-c4c(Cl)cccc4Cl)noc3C3CC3)cc2Cl)c1. The predicted molar refractivity (Wildman–Crippen MR) is 148 cm³/mol. The highest BCUT2D eigenvalue weighted by atomic mass is 35.5. The largest absolute Gasteiger partial charge is 0.489 e. The summed E-state index contributed by atoms with van der Waals surface area (Å²) in [7, 11) is 1.49. The van der Waals surface area contributed by atoms with E-state index in [1.807, 2.05) is 36.4 Å². The molecule has 1 aromatic heterocycles. The van der Waals surface area contributed by atoms with E-state index in [1.165, 1.54) is 12.7 Å². The van der Waals surface area contributed by atoms with Crippen molar-refractivity contribution in [3.63, 3.8) is 0 Å². The summed E-state index contributed by atoms with van der Waals surface area (Å²) in [4.78, 5) is 0. The molecule has 0 saturated heterocycles. The zero-order chi connectivity index (χ0) is 26.4. The lowest BCUT2D eigenvalue weighted by molar-refractivity contribution is -0.0769. The maximum atomic E-state index is 10.0. The van der Waals surface area contributed by atoms with Crippen molar-refractivity contribution < 1.29 is 19.1 Å². The molecule has 2 saturated carbocycles. The number of hydrogen-bond acceptors (Lipinski definition) is 5. The Morgan fingerprint density at radius 2 is 1.74 bits per heavy atom. The van der Waals surface area contributed by atoms with Crippen LogP contribution < -0.4 is 4.74 Å². The number of rotatable bonds is 9. The zero-order valence-electron chi connectivity index (χ0n) is 20.7. The molecule has 0 amide bonds. The highest BCUT2D eigenvalue weighted by molar-refractivity contribution is 6.39. The number of methoxy groups -OCH3 is 1. The predicted octanol–water partition coefficient (Wildman–Crippen LogP) is 8.67. The summed E-state index contributed by atoms with van der Waals surface area (Å²) >= 11 is 19.7. The van der Waals surface area contributed by atoms with E-state index in [0.29, 0.717) is 49.8 Å². The maximum absolute atomic E-state index is 10.0. The van der Waals surface area contributed by atoms with Gasteiger partial charge in [-0.05, 0) is 66.5 Å². The van der Waals surface area contributed by atoms with Gasteiger partial charge in [-0.15, -0.1) is 0 Å². The molecule has 3 aromatic carbocycles. The fraction of sp³-hybridized carbons (Fsp3) is 0.300. The summed E-state index contributed by atoms with van der Waals surface area (Å²) in [5.41, 5.74) is 5.15. The van der Waals surface area contributed by atoms with Gasteiger partial charge < -0.3 is 19.1 Å². The highest BCUT2D eigenvalue weighted by Crippen LogP contribution is 2.56. The Hall–Kier alpha value is -2.54. The highest BCUT2D eigenvalue weighted by Gasteiger charge is 2.41. The Bertz CT molecular complexity index is 1460. The minimum Gasteiger partial charge on any atom is -0.489 e. The third-order valence-corrected chi connectivity index (χ3v) is 8.32. The second-order valence-corrected chi connectivity index (χ2v) is 11.1. The van der Waals surface area contributed by atoms with Crippen LogP contribution in [-0.4, -0.2) is 17.4 Å². The van der Waals surface area contributed by atoms with Gasteiger partial charge in [0.1, 0.15) is 23.8 Å². The Kier molecular flexibility index (Phi) is 7.14. The monoisotopic (exact) mass is 569 g/mol. The molecule has 1 heterocycles. The zero-order valence-corrected chi connectivity index (χ0v) is 22.9. The van der Waals surface area contributed by atoms with Crippen molar-refractivity contribution in [3.05, 3.63) is 104 Å². The van der Waals surface area contributed by atoms with E-state index in [0.717, 1.165) is 41.7 Å². The summed E-state index contributed by atoms with van der Waals surface area (Å²) in [6, 6.07) is 19.1. The molecular weight excluding hydrogens is 545 g/mol. The molecule has 1 N–H and O–H groups in total. The van der Waals surface area contributed by atoms with Crippen LogP contribution in [0.3, 0.4) is 0 Å². The first-order chi connectivity index (χ1) is 18.4. The molecule has 0 bridgehead atoms. The molecule has 38 heavy (non-hydrogen) atoms. The van der Waals surface area contributed by atoms with Crippen molar-refractivity contribution in [2.24, 2.45) is 0 Å². The average molecular weight is 571 g/mol. The minimum absolute atomic E-state index is 0.266. The van der Waals surface area contributed by atoms with Gasteiger partial charge in [0.2, 0.25) is 0 Å². The Balaban J connectivity index is 1.19. The third-order valence-electron chi connectivity index (χ3n) is 7.36. The van der Waals surface area contributed by atoms with Crippen LogP contribution in [-0.2, 0) is 11.3 Å². The van der Waals surface area contributed by atoms with E-state index in [2.05, 4.69) is 11.2 Å². The van der Waals surface area contributed by atoms with Crippen molar-refractivity contribution in [1.29, 1.82) is 0 Å². The van der Waals surface area contributed by atoms with E-state index in [1.54, 1.807) is 18.2 Å². The molecule has 2 aliphatic carbocycles. The topological polar surface area (TPSA) is 64.7 Å². The molecule has 2 aliphatic rings. The first-order valence-corrected chi connectivity index (χ1v) is 13.7. The van der Waals surface area contributed by atoms with Crippen molar-refractivity contribution in [3.8, 4) is 17.0 Å². The molecule has 0 radical (unpaired) electrons. The van der Waals surface area contributed by atoms with Crippen molar-refractivity contribution in [2.75, 3.05) is 7.11 Å². The molecule has 0 spiro atoms. The van der Waals surface area contributed by atoms with Gasteiger partial charge >= 0.3 is 0 Å². The molecule has 3 atom stereocenters. The number of aliphatic hydroxyl groups excluding tert-OH is 1. The first kappa shape index (κ1) is 25.7. The van der Waals surface area contributed by atoms with Gasteiger partial charge in [0.05, 0.1) is 15.6 Å². The first-order valence-electron chi connectivity index (χ1n) is 12.6. The van der Waals surface area contributed by atoms with Crippen molar-refractivity contribution in [2.45, 2.75) is 49.9 Å². The van der Waals surface area contributed by atoms with Crippen LogP contribution in [0.15, 0.2) is 65.2 Å². The van der Waals surface area contributed by atoms with E-state index in [-0.39, 0.29) is 6.61 Å². The normalized spacial score (nSPS) is 19.4. The Labute approximate surface area is 236 Å². The second kappa shape index (κ2) is 10.6. The fourth-order valence-corrected chi connectivity index (χ4v) is 5.98. The van der Waals surface area contributed by atoms with Gasteiger partial charge in [0.25, 0.3) is 0 Å². The average Bonchev–Trinajstić information content (AvgIpc) is 3.85. The number of benzene rings is 3. The molecule has 4 aromatic rings. The third kappa shape index (κ3) is 5.06. The Morgan fingerprint density at radius 1 is 0.974 bits per heavy atom. The second-order valence-electron chi connectivity index (χ2n) is 9.92. The molecule has 2 fully saturated rings. The lowest BCUT2D eigenvalue weighted by Gasteiger charge is -2.12. The lowest BCUT2D eigenvalue weighted by Crippen LogP contribution is -2.00. The number of nitrogens with zero attached hydrogens (tertiary/aromatic N) is 1. The summed E-state index contributed by atoms with van der Waals surface area (Å²) in [6.07, 6.45) is 2.20. The lowest BCUT2D eigenvalue weighted by atomic mass is 10.0. The van der Waals surface area contributed by atoms with Crippen LogP contribution in [0.1, 0.15) is 71.3 Å². The summed E-state index contributed by atoms with van der Waals surface area (Å²) < 4.78 is 17.0. The smallest absolute Gasteiger partial charge is 0.180 e. The van der Waals surface area contributed by atoms with E-state index < -0.39 is 6.29 Å². The number of ether oxygens (including phenoxy) is 2. The van der Waals surface area contributed by atoms with E-state index in [4.69, 9.17) is 48.8 Å². The van der Waals surface area contributed by atoms with Crippen LogP contribution in [0.25, 0.3) is 11.3 Å². The fourth-order valence-electron chi connectivity index (χ4n) is 5.09. The van der Waals surface area contributed by atoms with Crippen LogP contribution in [0, 0.1) is 0 Å². The van der Waals surface area contributed by atoms with Crippen molar-refractivity contribution >= 4 is 34.8 Å². The summed E-state index contributed by atoms with van der Waals surface area (Å²) in [5.74, 6) is 2.52. The minimum atomic E-state index is -0.924. The van der Waals surface area contributed by atoms with Crippen LogP contribution in [0.2, 0.25) is 15.1 Å². The number of aliphatic hydroxyl groups is 1. The van der Waals surface area contributed by atoms with Gasteiger partial charge in [-0.25, -0.2) is 0 Å². The van der Waals surface area contributed by atoms with Crippen LogP contribution in [0.5, 0.6) is 5.75 Å². The molecule has 3 unspecified atom stereocenters. The maximum Gasteiger partial charge on any atom is 0.180 e. The molecular formula is C30H26Cl3NO4.